The zero-order valence-electron chi connectivity index (χ0n) is 12.0. The lowest BCUT2D eigenvalue weighted by molar-refractivity contribution is -0.128. The molecule has 0 spiro atoms. The molecule has 2 aromatic carbocycles. The molecule has 4 nitrogen and oxygen atoms in total. The maximum absolute atomic E-state index is 11.9. The SMILES string of the molecule is O=C1CSC(c2cccc(Oc3ccccc3)c2)N1CCO. The molecule has 0 aromatic heterocycles. The largest absolute Gasteiger partial charge is 0.457 e. The van der Waals surface area contributed by atoms with Gasteiger partial charge in [-0.25, -0.2) is 0 Å². The Labute approximate surface area is 133 Å². The summed E-state index contributed by atoms with van der Waals surface area (Å²) in [5.74, 6) is 2.04. The summed E-state index contributed by atoms with van der Waals surface area (Å²) in [7, 11) is 0. The summed E-state index contributed by atoms with van der Waals surface area (Å²) in [6.07, 6.45) is 0. The molecule has 0 aliphatic carbocycles. The van der Waals surface area contributed by atoms with Gasteiger partial charge in [0.1, 0.15) is 16.9 Å². The molecule has 0 bridgehead atoms. The number of hydrogen-bond donors (Lipinski definition) is 1. The fraction of sp³-hybridized carbons (Fsp3) is 0.235. The van der Waals surface area contributed by atoms with E-state index in [4.69, 9.17) is 9.84 Å². The second kappa shape index (κ2) is 6.85. The fourth-order valence-electron chi connectivity index (χ4n) is 2.44. The van der Waals surface area contributed by atoms with E-state index in [1.165, 1.54) is 0 Å². The lowest BCUT2D eigenvalue weighted by atomic mass is 10.2. The molecule has 1 fully saturated rings. The Kier molecular flexibility index (Phi) is 4.65. The maximum Gasteiger partial charge on any atom is 0.233 e. The number of β-amino-alcohol motifs (C(OH)–C–C–N with tert-alkyl or cyclic N) is 1. The first-order valence-corrected chi connectivity index (χ1v) is 8.17. The molecule has 1 aliphatic rings. The van der Waals surface area contributed by atoms with Crippen LogP contribution in [0.3, 0.4) is 0 Å². The van der Waals surface area contributed by atoms with Crippen molar-refractivity contribution in [2.24, 2.45) is 0 Å². The van der Waals surface area contributed by atoms with Gasteiger partial charge < -0.3 is 14.7 Å². The summed E-state index contributed by atoms with van der Waals surface area (Å²) in [6.45, 7) is 0.337. The van der Waals surface area contributed by atoms with Gasteiger partial charge in [-0.15, -0.1) is 11.8 Å². The number of thioether (sulfide) groups is 1. The summed E-state index contributed by atoms with van der Waals surface area (Å²) < 4.78 is 5.84. The van der Waals surface area contributed by atoms with Gasteiger partial charge in [-0.05, 0) is 29.8 Å². The van der Waals surface area contributed by atoms with E-state index in [0.717, 1.165) is 17.1 Å². The van der Waals surface area contributed by atoms with E-state index < -0.39 is 0 Å². The standard InChI is InChI=1S/C17H17NO3S/c19-10-9-18-16(20)12-22-17(18)13-5-4-8-15(11-13)21-14-6-2-1-3-7-14/h1-8,11,17,19H,9-10,12H2. The van der Waals surface area contributed by atoms with E-state index in [9.17, 15) is 4.79 Å². The highest BCUT2D eigenvalue weighted by Gasteiger charge is 2.32. The molecule has 2 aromatic rings. The van der Waals surface area contributed by atoms with Crippen molar-refractivity contribution in [3.8, 4) is 11.5 Å². The first-order valence-electron chi connectivity index (χ1n) is 7.13. The van der Waals surface area contributed by atoms with E-state index in [2.05, 4.69) is 0 Å². The number of carbonyl (C=O) groups excluding carboxylic acids is 1. The number of para-hydroxylation sites is 1. The number of carbonyl (C=O) groups is 1. The summed E-state index contributed by atoms with van der Waals surface area (Å²) in [4.78, 5) is 13.6. The predicted octanol–water partition coefficient (Wildman–Crippen LogP) is 3.05. The number of amides is 1. The second-order valence-electron chi connectivity index (χ2n) is 4.96. The van der Waals surface area contributed by atoms with E-state index >= 15 is 0 Å². The molecular weight excluding hydrogens is 298 g/mol. The number of benzene rings is 2. The van der Waals surface area contributed by atoms with Crippen molar-refractivity contribution < 1.29 is 14.6 Å². The highest BCUT2D eigenvalue weighted by atomic mass is 32.2. The van der Waals surface area contributed by atoms with Crippen LogP contribution in [0.5, 0.6) is 11.5 Å². The highest BCUT2D eigenvalue weighted by molar-refractivity contribution is 8.00. The van der Waals surface area contributed by atoms with Gasteiger partial charge in [0.25, 0.3) is 0 Å². The minimum absolute atomic E-state index is 0.0248. The van der Waals surface area contributed by atoms with Crippen LogP contribution in [0.25, 0.3) is 0 Å². The molecule has 0 radical (unpaired) electrons. The van der Waals surface area contributed by atoms with Crippen LogP contribution in [0.2, 0.25) is 0 Å². The zero-order chi connectivity index (χ0) is 15.4. The van der Waals surface area contributed by atoms with Crippen LogP contribution < -0.4 is 4.74 Å². The molecule has 5 heteroatoms. The topological polar surface area (TPSA) is 49.8 Å². The van der Waals surface area contributed by atoms with Gasteiger partial charge in [-0.3, -0.25) is 4.79 Å². The van der Waals surface area contributed by atoms with Gasteiger partial charge in [0.15, 0.2) is 0 Å². The van der Waals surface area contributed by atoms with Crippen molar-refractivity contribution in [2.75, 3.05) is 18.9 Å². The van der Waals surface area contributed by atoms with Crippen LogP contribution in [0.15, 0.2) is 54.6 Å². The van der Waals surface area contributed by atoms with E-state index in [-0.39, 0.29) is 17.9 Å². The summed E-state index contributed by atoms with van der Waals surface area (Å²) in [6, 6.07) is 17.4. The Bertz CT molecular complexity index is 647. The van der Waals surface area contributed by atoms with Crippen LogP contribution in [0.4, 0.5) is 0 Å². The van der Waals surface area contributed by atoms with E-state index in [1.54, 1.807) is 16.7 Å². The third-order valence-electron chi connectivity index (χ3n) is 3.43. The number of rotatable bonds is 5. The third-order valence-corrected chi connectivity index (χ3v) is 4.69. The van der Waals surface area contributed by atoms with Gasteiger partial charge in [-0.1, -0.05) is 30.3 Å². The van der Waals surface area contributed by atoms with Crippen LogP contribution in [-0.4, -0.2) is 34.8 Å². The first-order chi connectivity index (χ1) is 10.8. The van der Waals surface area contributed by atoms with Crippen LogP contribution >= 0.6 is 11.8 Å². The number of aliphatic hydroxyl groups is 1. The Morgan fingerprint density at radius 2 is 1.91 bits per heavy atom. The summed E-state index contributed by atoms with van der Waals surface area (Å²) >= 11 is 1.58. The smallest absolute Gasteiger partial charge is 0.233 e. The quantitative estimate of drug-likeness (QED) is 0.921. The van der Waals surface area contributed by atoms with Crippen molar-refractivity contribution in [1.29, 1.82) is 0 Å². The van der Waals surface area contributed by atoms with Crippen molar-refractivity contribution in [1.82, 2.24) is 4.90 Å². The summed E-state index contributed by atoms with van der Waals surface area (Å²) in [5, 5.41) is 9.07. The minimum Gasteiger partial charge on any atom is -0.457 e. The van der Waals surface area contributed by atoms with Crippen molar-refractivity contribution in [2.45, 2.75) is 5.37 Å². The molecule has 114 valence electrons. The number of ether oxygens (including phenoxy) is 1. The molecule has 1 N–H and O–H groups in total. The Hall–Kier alpha value is -1.98. The van der Waals surface area contributed by atoms with Gasteiger partial charge in [0, 0.05) is 6.54 Å². The van der Waals surface area contributed by atoms with Crippen LogP contribution in [0.1, 0.15) is 10.9 Å². The van der Waals surface area contributed by atoms with Crippen molar-refractivity contribution >= 4 is 17.7 Å². The number of hydrogen-bond acceptors (Lipinski definition) is 4. The zero-order valence-corrected chi connectivity index (χ0v) is 12.8. The molecule has 1 heterocycles. The van der Waals surface area contributed by atoms with Crippen molar-refractivity contribution in [3.63, 3.8) is 0 Å². The molecule has 22 heavy (non-hydrogen) atoms. The molecule has 1 saturated heterocycles. The van der Waals surface area contributed by atoms with E-state index in [0.29, 0.717) is 12.3 Å². The average Bonchev–Trinajstić information content (AvgIpc) is 2.90. The average molecular weight is 315 g/mol. The Morgan fingerprint density at radius 3 is 2.68 bits per heavy atom. The molecular formula is C17H17NO3S. The van der Waals surface area contributed by atoms with Gasteiger partial charge in [0.2, 0.25) is 5.91 Å². The van der Waals surface area contributed by atoms with Crippen LogP contribution in [0, 0.1) is 0 Å². The minimum atomic E-state index is -0.0565. The first kappa shape index (κ1) is 14.9. The molecule has 0 saturated carbocycles. The normalized spacial score (nSPS) is 17.8. The third kappa shape index (κ3) is 3.26. The number of aliphatic hydroxyl groups excluding tert-OH is 1. The van der Waals surface area contributed by atoms with Gasteiger partial charge in [-0.2, -0.15) is 0 Å². The molecule has 1 atom stereocenters. The van der Waals surface area contributed by atoms with Crippen LogP contribution in [-0.2, 0) is 4.79 Å². The predicted molar refractivity (Wildman–Crippen MR) is 87.0 cm³/mol. The molecule has 1 unspecified atom stereocenters. The van der Waals surface area contributed by atoms with Crippen molar-refractivity contribution in [3.05, 3.63) is 60.2 Å². The summed E-state index contributed by atoms with van der Waals surface area (Å²) in [5.41, 5.74) is 1.01. The maximum atomic E-state index is 11.9. The second-order valence-corrected chi connectivity index (χ2v) is 6.03. The van der Waals surface area contributed by atoms with E-state index in [1.807, 2.05) is 54.6 Å². The highest BCUT2D eigenvalue weighted by Crippen LogP contribution is 2.39. The Morgan fingerprint density at radius 1 is 1.14 bits per heavy atom. The van der Waals surface area contributed by atoms with Gasteiger partial charge in [0.05, 0.1) is 12.4 Å². The number of nitrogens with zero attached hydrogens (tertiary/aromatic N) is 1. The fourth-order valence-corrected chi connectivity index (χ4v) is 3.64. The molecule has 3 rings (SSSR count). The molecule has 1 aliphatic heterocycles. The Balaban J connectivity index is 1.80. The lowest BCUT2D eigenvalue weighted by Crippen LogP contribution is -2.30. The lowest BCUT2D eigenvalue weighted by Gasteiger charge is -2.23. The monoisotopic (exact) mass is 315 g/mol. The molecule has 1 amide bonds. The van der Waals surface area contributed by atoms with Gasteiger partial charge >= 0.3 is 0 Å².